The van der Waals surface area contributed by atoms with Crippen molar-refractivity contribution in [2.45, 2.75) is 44.4 Å². The zero-order valence-electron chi connectivity index (χ0n) is 16.4. The van der Waals surface area contributed by atoms with E-state index >= 15 is 0 Å². The van der Waals surface area contributed by atoms with Gasteiger partial charge in [0.05, 0.1) is 23.5 Å². The Morgan fingerprint density at radius 3 is 2.53 bits per heavy atom. The average molecular weight is 419 g/mol. The maximum Gasteiger partial charge on any atom is 0.416 e. The van der Waals surface area contributed by atoms with Crippen molar-refractivity contribution in [2.24, 2.45) is 7.05 Å². The summed E-state index contributed by atoms with van der Waals surface area (Å²) in [6.45, 7) is 1.35. The van der Waals surface area contributed by atoms with Crippen LogP contribution in [0.25, 0.3) is 10.9 Å². The van der Waals surface area contributed by atoms with E-state index in [0.29, 0.717) is 22.4 Å². The number of rotatable bonds is 5. The molecule has 0 radical (unpaired) electrons. The molecule has 10 heteroatoms. The number of nitrogens with zero attached hydrogens (tertiary/aromatic N) is 4. The fraction of sp³-hybridized carbons (Fsp3) is 0.400. The van der Waals surface area contributed by atoms with E-state index < -0.39 is 29.2 Å². The van der Waals surface area contributed by atoms with E-state index in [-0.39, 0.29) is 6.54 Å². The van der Waals surface area contributed by atoms with E-state index in [1.165, 1.54) is 16.8 Å². The number of carbonyl (C=O) groups is 1. The average Bonchev–Trinajstić information content (AvgIpc) is 3.47. The zero-order chi connectivity index (χ0) is 21.6. The highest BCUT2D eigenvalue weighted by molar-refractivity contribution is 5.81. The number of aromatic nitrogens is 4. The number of benzene rings is 1. The summed E-state index contributed by atoms with van der Waals surface area (Å²) in [5, 5.41) is 11.9. The quantitative estimate of drug-likeness (QED) is 0.690. The molecule has 1 fully saturated rings. The third-order valence-corrected chi connectivity index (χ3v) is 5.25. The molecule has 1 N–H and O–H groups in total. The van der Waals surface area contributed by atoms with Crippen molar-refractivity contribution < 1.29 is 18.0 Å². The lowest BCUT2D eigenvalue weighted by molar-refractivity contribution is -0.137. The van der Waals surface area contributed by atoms with E-state index in [0.717, 1.165) is 35.4 Å². The highest BCUT2D eigenvalue weighted by Crippen LogP contribution is 2.41. The third kappa shape index (κ3) is 3.81. The number of alkyl halides is 3. The van der Waals surface area contributed by atoms with Gasteiger partial charge in [0, 0.05) is 18.4 Å². The summed E-state index contributed by atoms with van der Waals surface area (Å²) < 4.78 is 40.6. The van der Waals surface area contributed by atoms with Crippen LogP contribution in [0.2, 0.25) is 0 Å². The van der Waals surface area contributed by atoms with Gasteiger partial charge >= 0.3 is 6.18 Å². The van der Waals surface area contributed by atoms with Crippen molar-refractivity contribution in [3.63, 3.8) is 0 Å². The predicted octanol–water partition coefficient (Wildman–Crippen LogP) is 2.90. The van der Waals surface area contributed by atoms with E-state index in [9.17, 15) is 22.8 Å². The van der Waals surface area contributed by atoms with Crippen LogP contribution in [0.15, 0.2) is 35.3 Å². The maximum atomic E-state index is 12.8. The lowest BCUT2D eigenvalue weighted by Gasteiger charge is -2.15. The van der Waals surface area contributed by atoms with Gasteiger partial charge < -0.3 is 5.32 Å². The van der Waals surface area contributed by atoms with Gasteiger partial charge in [-0.15, -0.1) is 0 Å². The van der Waals surface area contributed by atoms with Gasteiger partial charge in [0.1, 0.15) is 12.1 Å². The molecule has 0 saturated heterocycles. The molecular formula is C20H20F3N5O2. The number of hydrogen-bond acceptors (Lipinski definition) is 4. The minimum atomic E-state index is -4.42. The van der Waals surface area contributed by atoms with Crippen molar-refractivity contribution in [1.82, 2.24) is 24.9 Å². The molecule has 0 aliphatic heterocycles. The molecule has 2 aromatic heterocycles. The first-order chi connectivity index (χ1) is 14.1. The zero-order valence-corrected chi connectivity index (χ0v) is 16.4. The number of halogens is 3. The monoisotopic (exact) mass is 419 g/mol. The Kier molecular flexibility index (Phi) is 4.87. The molecule has 3 aromatic rings. The number of amides is 1. The fourth-order valence-electron chi connectivity index (χ4n) is 3.48. The molecule has 1 atom stereocenters. The van der Waals surface area contributed by atoms with E-state index in [1.54, 1.807) is 20.2 Å². The number of hydrogen-bond donors (Lipinski definition) is 1. The summed E-state index contributed by atoms with van der Waals surface area (Å²) in [5.41, 5.74) is 0.621. The van der Waals surface area contributed by atoms with E-state index in [4.69, 9.17) is 0 Å². The largest absolute Gasteiger partial charge is 0.416 e. The van der Waals surface area contributed by atoms with E-state index in [2.05, 4.69) is 15.5 Å². The van der Waals surface area contributed by atoms with Gasteiger partial charge in [-0.2, -0.15) is 23.4 Å². The molecule has 7 nitrogen and oxygen atoms in total. The standard InChI is InChI=1S/C20H20F3N5O2/c1-11(12-5-7-14(8-6-12)20(21,22)23)25-16(29)10-28-19(30)18-15(9-24-28)17(13-3-4-13)26-27(18)2/h5-9,11,13H,3-4,10H2,1-2H3,(H,25,29). The van der Waals surface area contributed by atoms with Crippen LogP contribution in [0, 0.1) is 0 Å². The van der Waals surface area contributed by atoms with Crippen LogP contribution in [0.5, 0.6) is 0 Å². The van der Waals surface area contributed by atoms with Crippen molar-refractivity contribution in [2.75, 3.05) is 0 Å². The number of fused-ring (bicyclic) bond motifs is 1. The Hall–Kier alpha value is -3.17. The summed E-state index contributed by atoms with van der Waals surface area (Å²) in [7, 11) is 1.69. The first-order valence-electron chi connectivity index (χ1n) is 9.54. The van der Waals surface area contributed by atoms with Crippen molar-refractivity contribution in [3.05, 3.63) is 57.6 Å². The molecule has 1 aliphatic rings. The second-order valence-corrected chi connectivity index (χ2v) is 7.56. The van der Waals surface area contributed by atoms with Crippen LogP contribution >= 0.6 is 0 Å². The van der Waals surface area contributed by atoms with Crippen molar-refractivity contribution in [3.8, 4) is 0 Å². The Balaban J connectivity index is 1.48. The minimum absolute atomic E-state index is 0.302. The summed E-state index contributed by atoms with van der Waals surface area (Å²) in [4.78, 5) is 25.2. The molecule has 0 bridgehead atoms. The fourth-order valence-corrected chi connectivity index (χ4v) is 3.48. The molecule has 0 spiro atoms. The van der Waals surface area contributed by atoms with Gasteiger partial charge in [-0.05, 0) is 37.5 Å². The molecule has 2 heterocycles. The lowest BCUT2D eigenvalue weighted by Crippen LogP contribution is -2.35. The minimum Gasteiger partial charge on any atom is -0.348 e. The number of carbonyl (C=O) groups excluding carboxylic acids is 1. The van der Waals surface area contributed by atoms with Gasteiger partial charge in [0.25, 0.3) is 5.56 Å². The number of aryl methyl sites for hydroxylation is 1. The van der Waals surface area contributed by atoms with E-state index in [1.807, 2.05) is 0 Å². The molecule has 1 amide bonds. The van der Waals surface area contributed by atoms with Crippen molar-refractivity contribution in [1.29, 1.82) is 0 Å². The molecule has 158 valence electrons. The molecule has 1 unspecified atom stereocenters. The van der Waals surface area contributed by atoms with Gasteiger partial charge in [-0.3, -0.25) is 14.3 Å². The van der Waals surface area contributed by atoms with Crippen LogP contribution in [-0.2, 0) is 24.6 Å². The molecule has 1 aromatic carbocycles. The van der Waals surface area contributed by atoms with Crippen molar-refractivity contribution >= 4 is 16.8 Å². The van der Waals surface area contributed by atoms with Crippen LogP contribution in [0.1, 0.15) is 48.5 Å². The Morgan fingerprint density at radius 2 is 1.93 bits per heavy atom. The van der Waals surface area contributed by atoms with Crippen LogP contribution < -0.4 is 10.9 Å². The SMILES string of the molecule is CC(NC(=O)Cn1ncc2c(C3CC3)nn(C)c2c1=O)c1ccc(C(F)(F)F)cc1. The normalized spacial score (nSPS) is 15.4. The second kappa shape index (κ2) is 7.26. The predicted molar refractivity (Wildman–Crippen MR) is 103 cm³/mol. The Labute approximate surface area is 169 Å². The van der Waals surface area contributed by atoms with Gasteiger partial charge in [-0.25, -0.2) is 4.68 Å². The third-order valence-electron chi connectivity index (χ3n) is 5.25. The highest BCUT2D eigenvalue weighted by Gasteiger charge is 2.31. The van der Waals surface area contributed by atoms with Crippen LogP contribution in [0.4, 0.5) is 13.2 Å². The summed E-state index contributed by atoms with van der Waals surface area (Å²) in [5.74, 6) is -0.112. The van der Waals surface area contributed by atoms with Gasteiger partial charge in [0.15, 0.2) is 0 Å². The first kappa shape index (κ1) is 20.1. The molecule has 4 rings (SSSR count). The summed E-state index contributed by atoms with van der Waals surface area (Å²) >= 11 is 0. The Bertz CT molecular complexity index is 1160. The number of nitrogens with one attached hydrogen (secondary N) is 1. The molecule has 1 saturated carbocycles. The van der Waals surface area contributed by atoms with Crippen LogP contribution in [-0.4, -0.2) is 25.5 Å². The summed E-state index contributed by atoms with van der Waals surface area (Å²) in [6, 6.07) is 4.05. The first-order valence-corrected chi connectivity index (χ1v) is 9.54. The molecule has 1 aliphatic carbocycles. The second-order valence-electron chi connectivity index (χ2n) is 7.56. The topological polar surface area (TPSA) is 81.8 Å². The maximum absolute atomic E-state index is 12.8. The lowest BCUT2D eigenvalue weighted by atomic mass is 10.1. The van der Waals surface area contributed by atoms with Gasteiger partial charge in [0.2, 0.25) is 5.91 Å². The summed E-state index contributed by atoms with van der Waals surface area (Å²) in [6.07, 6.45) is -0.773. The highest BCUT2D eigenvalue weighted by atomic mass is 19.4. The van der Waals surface area contributed by atoms with Crippen LogP contribution in [0.3, 0.4) is 0 Å². The van der Waals surface area contributed by atoms with Gasteiger partial charge in [-0.1, -0.05) is 12.1 Å². The molecule has 30 heavy (non-hydrogen) atoms. The Morgan fingerprint density at radius 1 is 1.27 bits per heavy atom. The molecular weight excluding hydrogens is 399 g/mol. The smallest absolute Gasteiger partial charge is 0.348 e.